The quantitative estimate of drug-likeness (QED) is 0.568. The highest BCUT2D eigenvalue weighted by atomic mass is 127. The zero-order chi connectivity index (χ0) is 19.8. The van der Waals surface area contributed by atoms with Gasteiger partial charge in [-0.15, -0.1) is 0 Å². The first-order valence-electron chi connectivity index (χ1n) is 8.65. The third kappa shape index (κ3) is 4.45. The van der Waals surface area contributed by atoms with Gasteiger partial charge in [0.1, 0.15) is 0 Å². The molecule has 144 valence electrons. The van der Waals surface area contributed by atoms with Gasteiger partial charge in [0.2, 0.25) is 0 Å². The van der Waals surface area contributed by atoms with Gasteiger partial charge in [-0.1, -0.05) is 12.1 Å². The summed E-state index contributed by atoms with van der Waals surface area (Å²) in [6, 6.07) is 8.87. The number of likely N-dealkylation sites (tertiary alicyclic amines) is 1. The summed E-state index contributed by atoms with van der Waals surface area (Å²) in [6.45, 7) is 2.82. The number of carbonyl (C=O) groups is 1. The maximum Gasteiger partial charge on any atom is 0.416 e. The highest BCUT2D eigenvalue weighted by molar-refractivity contribution is 14.1. The molecule has 1 fully saturated rings. The minimum Gasteiger partial charge on any atom is -0.322 e. The number of hydrogen-bond acceptors (Lipinski definition) is 2. The fourth-order valence-corrected chi connectivity index (χ4v) is 3.88. The number of aryl methyl sites for hydroxylation is 1. The monoisotopic (exact) mass is 488 g/mol. The van der Waals surface area contributed by atoms with Crippen LogP contribution in [0.25, 0.3) is 0 Å². The first kappa shape index (κ1) is 20.1. The van der Waals surface area contributed by atoms with Gasteiger partial charge < -0.3 is 5.32 Å². The van der Waals surface area contributed by atoms with Crippen molar-refractivity contribution in [2.75, 3.05) is 18.9 Å². The van der Waals surface area contributed by atoms with Crippen LogP contribution in [0.15, 0.2) is 36.4 Å². The standard InChI is InChI=1S/C20H20F3IN2O/c1-12-5-6-13(10-16(12)24)19(27)25-17-11-14(20(21,22)23)7-8-15(17)18-4-3-9-26(18)2/h5-8,10-11,18H,3-4,9H2,1-2H3,(H,25,27). The van der Waals surface area contributed by atoms with Gasteiger partial charge in [0.05, 0.1) is 5.56 Å². The number of halogens is 4. The minimum absolute atomic E-state index is 0.000683. The van der Waals surface area contributed by atoms with Crippen molar-refractivity contribution in [2.45, 2.75) is 32.0 Å². The number of alkyl halides is 3. The van der Waals surface area contributed by atoms with Crippen molar-refractivity contribution in [1.29, 1.82) is 0 Å². The summed E-state index contributed by atoms with van der Waals surface area (Å²) in [6.07, 6.45) is -2.63. The zero-order valence-corrected chi connectivity index (χ0v) is 17.2. The highest BCUT2D eigenvalue weighted by Crippen LogP contribution is 2.38. The summed E-state index contributed by atoms with van der Waals surface area (Å²) in [7, 11) is 1.95. The van der Waals surface area contributed by atoms with Gasteiger partial charge in [-0.2, -0.15) is 13.2 Å². The number of anilines is 1. The molecular formula is C20H20F3IN2O. The maximum absolute atomic E-state index is 13.2. The summed E-state index contributed by atoms with van der Waals surface area (Å²) < 4.78 is 40.5. The van der Waals surface area contributed by atoms with Crippen LogP contribution < -0.4 is 5.32 Å². The van der Waals surface area contributed by atoms with Crippen LogP contribution in [-0.2, 0) is 6.18 Å². The van der Waals surface area contributed by atoms with E-state index in [1.807, 2.05) is 20.0 Å². The van der Waals surface area contributed by atoms with Crippen LogP contribution in [0.4, 0.5) is 18.9 Å². The summed E-state index contributed by atoms with van der Waals surface area (Å²) in [4.78, 5) is 14.8. The molecule has 1 aliphatic heterocycles. The Hall–Kier alpha value is -1.61. The van der Waals surface area contributed by atoms with Crippen LogP contribution in [0.5, 0.6) is 0 Å². The summed E-state index contributed by atoms with van der Waals surface area (Å²) >= 11 is 2.13. The summed E-state index contributed by atoms with van der Waals surface area (Å²) in [5.41, 5.74) is 1.65. The Morgan fingerprint density at radius 1 is 1.22 bits per heavy atom. The molecule has 1 aliphatic rings. The molecule has 0 bridgehead atoms. The van der Waals surface area contributed by atoms with Crippen molar-refractivity contribution in [3.63, 3.8) is 0 Å². The van der Waals surface area contributed by atoms with Gasteiger partial charge >= 0.3 is 6.18 Å². The molecule has 2 aromatic carbocycles. The topological polar surface area (TPSA) is 32.3 Å². The average molecular weight is 488 g/mol. The molecule has 0 spiro atoms. The summed E-state index contributed by atoms with van der Waals surface area (Å²) in [5.74, 6) is -0.408. The SMILES string of the molecule is Cc1ccc(C(=O)Nc2cc(C(F)(F)F)ccc2C2CCCN2C)cc1I. The summed E-state index contributed by atoms with van der Waals surface area (Å²) in [5, 5.41) is 2.71. The Morgan fingerprint density at radius 3 is 2.56 bits per heavy atom. The Bertz CT molecular complexity index is 867. The van der Waals surface area contributed by atoms with Gasteiger partial charge in [0.15, 0.2) is 0 Å². The molecule has 0 radical (unpaired) electrons. The van der Waals surface area contributed by atoms with E-state index in [0.29, 0.717) is 5.56 Å². The van der Waals surface area contributed by atoms with Crippen LogP contribution in [0.3, 0.4) is 0 Å². The molecule has 1 saturated heterocycles. The number of hydrogen-bond donors (Lipinski definition) is 1. The molecule has 0 aliphatic carbocycles. The largest absolute Gasteiger partial charge is 0.416 e. The number of rotatable bonds is 3. The third-order valence-electron chi connectivity index (χ3n) is 4.94. The maximum atomic E-state index is 13.2. The molecule has 1 unspecified atom stereocenters. The first-order chi connectivity index (χ1) is 12.7. The third-order valence-corrected chi connectivity index (χ3v) is 6.10. The minimum atomic E-state index is -4.46. The van der Waals surface area contributed by atoms with Gasteiger partial charge in [-0.25, -0.2) is 0 Å². The predicted octanol–water partition coefficient (Wildman–Crippen LogP) is 5.64. The van der Waals surface area contributed by atoms with E-state index < -0.39 is 17.6 Å². The molecule has 1 amide bonds. The van der Waals surface area contributed by atoms with E-state index >= 15 is 0 Å². The lowest BCUT2D eigenvalue weighted by molar-refractivity contribution is -0.137. The van der Waals surface area contributed by atoms with Gasteiger partial charge in [0.25, 0.3) is 5.91 Å². The van der Waals surface area contributed by atoms with Crippen LogP contribution in [0, 0.1) is 10.5 Å². The molecule has 1 N–H and O–H groups in total. The van der Waals surface area contributed by atoms with Crippen LogP contribution in [0.1, 0.15) is 45.9 Å². The van der Waals surface area contributed by atoms with E-state index in [1.165, 1.54) is 6.07 Å². The average Bonchev–Trinajstić information content (AvgIpc) is 3.02. The number of nitrogens with one attached hydrogen (secondary N) is 1. The second kappa shape index (κ2) is 7.79. The molecule has 0 aromatic heterocycles. The Morgan fingerprint density at radius 2 is 1.96 bits per heavy atom. The lowest BCUT2D eigenvalue weighted by Gasteiger charge is -2.24. The number of amides is 1. The van der Waals surface area contributed by atoms with Gasteiger partial charge in [-0.3, -0.25) is 9.69 Å². The van der Waals surface area contributed by atoms with E-state index in [2.05, 4.69) is 32.8 Å². The first-order valence-corrected chi connectivity index (χ1v) is 9.73. The fourth-order valence-electron chi connectivity index (χ4n) is 3.36. The van der Waals surface area contributed by atoms with E-state index in [4.69, 9.17) is 0 Å². The molecule has 3 rings (SSSR count). The Balaban J connectivity index is 1.97. The van der Waals surface area contributed by atoms with E-state index in [-0.39, 0.29) is 11.7 Å². The van der Waals surface area contributed by atoms with Gasteiger partial charge in [0, 0.05) is 20.9 Å². The fraction of sp³-hybridized carbons (Fsp3) is 0.350. The van der Waals surface area contributed by atoms with E-state index in [1.54, 1.807) is 12.1 Å². The molecule has 1 heterocycles. The highest BCUT2D eigenvalue weighted by Gasteiger charge is 2.33. The Labute approximate surface area is 170 Å². The van der Waals surface area contributed by atoms with Crippen LogP contribution >= 0.6 is 22.6 Å². The van der Waals surface area contributed by atoms with Crippen molar-refractivity contribution in [2.24, 2.45) is 0 Å². The van der Waals surface area contributed by atoms with Crippen molar-refractivity contribution in [1.82, 2.24) is 4.90 Å². The van der Waals surface area contributed by atoms with Crippen LogP contribution in [-0.4, -0.2) is 24.4 Å². The van der Waals surface area contributed by atoms with E-state index in [9.17, 15) is 18.0 Å². The Kier molecular flexibility index (Phi) is 5.81. The molecule has 1 atom stereocenters. The lowest BCUT2D eigenvalue weighted by Crippen LogP contribution is -2.21. The number of benzene rings is 2. The molecule has 27 heavy (non-hydrogen) atoms. The van der Waals surface area contributed by atoms with Gasteiger partial charge in [-0.05, 0) is 91.3 Å². The second-order valence-corrected chi connectivity index (χ2v) is 8.02. The van der Waals surface area contributed by atoms with Crippen molar-refractivity contribution in [3.05, 3.63) is 62.2 Å². The smallest absolute Gasteiger partial charge is 0.322 e. The second-order valence-electron chi connectivity index (χ2n) is 6.86. The molecule has 2 aromatic rings. The van der Waals surface area contributed by atoms with Crippen molar-refractivity contribution >= 4 is 34.2 Å². The van der Waals surface area contributed by atoms with Crippen molar-refractivity contribution in [3.8, 4) is 0 Å². The predicted molar refractivity (Wildman–Crippen MR) is 108 cm³/mol. The van der Waals surface area contributed by atoms with E-state index in [0.717, 1.165) is 46.2 Å². The zero-order valence-electron chi connectivity index (χ0n) is 15.0. The molecule has 7 heteroatoms. The van der Waals surface area contributed by atoms with Crippen molar-refractivity contribution < 1.29 is 18.0 Å². The number of carbonyl (C=O) groups excluding carboxylic acids is 1. The normalized spacial score (nSPS) is 17.9. The molecule has 3 nitrogen and oxygen atoms in total. The lowest BCUT2D eigenvalue weighted by atomic mass is 9.99. The molecule has 0 saturated carbocycles. The number of nitrogens with zero attached hydrogens (tertiary/aromatic N) is 1. The molecular weight excluding hydrogens is 468 g/mol. The van der Waals surface area contributed by atoms with Crippen LogP contribution in [0.2, 0.25) is 0 Å².